The number of hydrogen-bond donors (Lipinski definition) is 2. The molecule has 1 aromatic rings. The first-order valence-corrected chi connectivity index (χ1v) is 7.30. The fraction of sp³-hybridized carbons (Fsp3) is 0.583. The topological polar surface area (TPSA) is 49.3 Å². The Kier molecular flexibility index (Phi) is 3.90. The van der Waals surface area contributed by atoms with E-state index in [0.717, 1.165) is 21.5 Å². The second-order valence-electron chi connectivity index (χ2n) is 4.78. The molecule has 0 spiro atoms. The number of aliphatic hydroxyl groups excluding tert-OH is 1. The molecule has 1 unspecified atom stereocenters. The van der Waals surface area contributed by atoms with Gasteiger partial charge in [-0.15, -0.1) is 11.3 Å². The average molecular weight is 318 g/mol. The molecule has 0 bridgehead atoms. The summed E-state index contributed by atoms with van der Waals surface area (Å²) < 4.78 is 1.03. The second kappa shape index (κ2) is 5.08. The van der Waals surface area contributed by atoms with Crippen LogP contribution in [0.25, 0.3) is 0 Å². The minimum Gasteiger partial charge on any atom is -0.394 e. The lowest BCUT2D eigenvalue weighted by Crippen LogP contribution is -2.51. The van der Waals surface area contributed by atoms with E-state index in [0.29, 0.717) is 12.3 Å². The van der Waals surface area contributed by atoms with Crippen molar-refractivity contribution in [3.05, 3.63) is 20.8 Å². The van der Waals surface area contributed by atoms with Gasteiger partial charge in [-0.2, -0.15) is 0 Å². The Hall–Kier alpha value is -0.390. The summed E-state index contributed by atoms with van der Waals surface area (Å²) in [6.45, 7) is 1.93. The third kappa shape index (κ3) is 3.30. The molecule has 1 heterocycles. The summed E-state index contributed by atoms with van der Waals surface area (Å²) in [5, 5.41) is 12.4. The van der Waals surface area contributed by atoms with Crippen LogP contribution in [0.4, 0.5) is 0 Å². The zero-order valence-corrected chi connectivity index (χ0v) is 12.1. The maximum atomic E-state index is 11.9. The van der Waals surface area contributed by atoms with Gasteiger partial charge in [-0.05, 0) is 53.7 Å². The van der Waals surface area contributed by atoms with Crippen LogP contribution in [-0.4, -0.2) is 23.2 Å². The van der Waals surface area contributed by atoms with Gasteiger partial charge in [0.1, 0.15) is 0 Å². The van der Waals surface area contributed by atoms with Crippen LogP contribution in [0.2, 0.25) is 0 Å². The van der Waals surface area contributed by atoms with Gasteiger partial charge >= 0.3 is 0 Å². The van der Waals surface area contributed by atoms with Gasteiger partial charge in [-0.1, -0.05) is 0 Å². The Balaban J connectivity index is 1.92. The van der Waals surface area contributed by atoms with E-state index >= 15 is 0 Å². The maximum Gasteiger partial charge on any atom is 0.225 e. The van der Waals surface area contributed by atoms with Gasteiger partial charge in [0, 0.05) is 4.88 Å². The number of amides is 1. The van der Waals surface area contributed by atoms with Crippen LogP contribution in [0.5, 0.6) is 0 Å². The summed E-state index contributed by atoms with van der Waals surface area (Å²) in [4.78, 5) is 12.9. The molecule has 0 saturated heterocycles. The first kappa shape index (κ1) is 13.1. The molecular weight excluding hydrogens is 302 g/mol. The van der Waals surface area contributed by atoms with Crippen molar-refractivity contribution in [3.8, 4) is 0 Å². The monoisotopic (exact) mass is 317 g/mol. The highest BCUT2D eigenvalue weighted by atomic mass is 79.9. The van der Waals surface area contributed by atoms with E-state index in [1.807, 2.05) is 19.1 Å². The molecular formula is C12H16BrNO2S. The van der Waals surface area contributed by atoms with Crippen molar-refractivity contribution in [2.75, 3.05) is 6.61 Å². The normalized spacial score (nSPS) is 18.8. The van der Waals surface area contributed by atoms with Gasteiger partial charge in [-0.3, -0.25) is 4.79 Å². The SMILES string of the molecule is CC(CO)(NC(=O)Cc1ccc(Br)s1)C1CC1. The summed E-state index contributed by atoms with van der Waals surface area (Å²) in [5.41, 5.74) is -0.439. The van der Waals surface area contributed by atoms with E-state index in [9.17, 15) is 9.90 Å². The van der Waals surface area contributed by atoms with Gasteiger partial charge in [0.25, 0.3) is 0 Å². The number of hydrogen-bond acceptors (Lipinski definition) is 3. The highest BCUT2D eigenvalue weighted by Gasteiger charge is 2.42. The van der Waals surface area contributed by atoms with Gasteiger partial charge in [0.15, 0.2) is 0 Å². The van der Waals surface area contributed by atoms with Gasteiger partial charge in [-0.25, -0.2) is 0 Å². The lowest BCUT2D eigenvalue weighted by Gasteiger charge is -2.28. The van der Waals surface area contributed by atoms with E-state index in [-0.39, 0.29) is 12.5 Å². The Morgan fingerprint density at radius 3 is 2.82 bits per heavy atom. The van der Waals surface area contributed by atoms with Crippen molar-refractivity contribution in [1.29, 1.82) is 0 Å². The number of carbonyl (C=O) groups is 1. The molecule has 1 aliphatic rings. The minimum absolute atomic E-state index is 0.0113. The smallest absolute Gasteiger partial charge is 0.225 e. The molecule has 17 heavy (non-hydrogen) atoms. The van der Waals surface area contributed by atoms with Crippen LogP contribution >= 0.6 is 27.3 Å². The molecule has 0 aromatic carbocycles. The molecule has 2 N–H and O–H groups in total. The first-order chi connectivity index (χ1) is 8.03. The lowest BCUT2D eigenvalue weighted by molar-refractivity contribution is -0.123. The summed E-state index contributed by atoms with van der Waals surface area (Å²) in [7, 11) is 0. The van der Waals surface area contributed by atoms with E-state index in [1.165, 1.54) is 0 Å². The van der Waals surface area contributed by atoms with Crippen LogP contribution in [0.15, 0.2) is 15.9 Å². The molecule has 0 radical (unpaired) electrons. The first-order valence-electron chi connectivity index (χ1n) is 5.69. The number of halogens is 1. The molecule has 1 aromatic heterocycles. The van der Waals surface area contributed by atoms with Crippen LogP contribution in [-0.2, 0) is 11.2 Å². The molecule has 1 aliphatic carbocycles. The third-order valence-electron chi connectivity index (χ3n) is 3.20. The average Bonchev–Trinajstić information content (AvgIpc) is 3.04. The number of nitrogens with one attached hydrogen (secondary N) is 1. The van der Waals surface area contributed by atoms with Gasteiger partial charge in [0.2, 0.25) is 5.91 Å². The number of rotatable bonds is 5. The molecule has 2 rings (SSSR count). The number of thiophene rings is 1. The summed E-state index contributed by atoms with van der Waals surface area (Å²) in [6, 6.07) is 3.89. The zero-order chi connectivity index (χ0) is 12.5. The molecule has 1 amide bonds. The lowest BCUT2D eigenvalue weighted by atomic mass is 9.97. The van der Waals surface area contributed by atoms with E-state index in [1.54, 1.807) is 11.3 Å². The van der Waals surface area contributed by atoms with E-state index in [2.05, 4.69) is 21.2 Å². The Bertz CT molecular complexity index is 416. The van der Waals surface area contributed by atoms with Crippen molar-refractivity contribution in [3.63, 3.8) is 0 Å². The highest BCUT2D eigenvalue weighted by Crippen LogP contribution is 2.39. The second-order valence-corrected chi connectivity index (χ2v) is 7.33. The van der Waals surface area contributed by atoms with Crippen LogP contribution in [0.1, 0.15) is 24.6 Å². The van der Waals surface area contributed by atoms with Crippen LogP contribution in [0, 0.1) is 5.92 Å². The molecule has 1 atom stereocenters. The molecule has 0 aliphatic heterocycles. The summed E-state index contributed by atoms with van der Waals surface area (Å²) >= 11 is 4.94. The minimum atomic E-state index is -0.439. The largest absolute Gasteiger partial charge is 0.394 e. The Labute approximate surface area is 113 Å². The number of aliphatic hydroxyl groups is 1. The molecule has 3 nitrogen and oxygen atoms in total. The predicted octanol–water partition coefficient (Wildman–Crippen LogP) is 2.33. The van der Waals surface area contributed by atoms with E-state index in [4.69, 9.17) is 0 Å². The van der Waals surface area contributed by atoms with Crippen molar-refractivity contribution in [2.45, 2.75) is 31.7 Å². The molecule has 1 fully saturated rings. The van der Waals surface area contributed by atoms with Gasteiger partial charge < -0.3 is 10.4 Å². The summed E-state index contributed by atoms with van der Waals surface area (Å²) in [6.07, 6.45) is 2.59. The third-order valence-corrected chi connectivity index (χ3v) is 4.82. The number of carbonyl (C=O) groups excluding carboxylic acids is 1. The standard InChI is InChI=1S/C12H16BrNO2S/c1-12(7-15,8-2-3-8)14-11(16)6-9-4-5-10(13)17-9/h4-5,8,15H,2-3,6-7H2,1H3,(H,14,16). The predicted molar refractivity (Wildman–Crippen MR) is 72.1 cm³/mol. The molecule has 1 saturated carbocycles. The fourth-order valence-corrected chi connectivity index (χ4v) is 3.44. The van der Waals surface area contributed by atoms with Crippen LogP contribution in [0.3, 0.4) is 0 Å². The zero-order valence-electron chi connectivity index (χ0n) is 9.70. The van der Waals surface area contributed by atoms with Gasteiger partial charge in [0.05, 0.1) is 22.4 Å². The molecule has 5 heteroatoms. The highest BCUT2D eigenvalue weighted by molar-refractivity contribution is 9.11. The summed E-state index contributed by atoms with van der Waals surface area (Å²) in [5.74, 6) is 0.425. The van der Waals surface area contributed by atoms with E-state index < -0.39 is 5.54 Å². The quantitative estimate of drug-likeness (QED) is 0.875. The Morgan fingerprint density at radius 2 is 2.35 bits per heavy atom. The fourth-order valence-electron chi connectivity index (χ4n) is 1.96. The maximum absolute atomic E-state index is 11.9. The van der Waals surface area contributed by atoms with Crippen molar-refractivity contribution < 1.29 is 9.90 Å². The van der Waals surface area contributed by atoms with Crippen molar-refractivity contribution in [2.24, 2.45) is 5.92 Å². The van der Waals surface area contributed by atoms with Crippen molar-refractivity contribution in [1.82, 2.24) is 5.32 Å². The molecule has 94 valence electrons. The van der Waals surface area contributed by atoms with Crippen LogP contribution < -0.4 is 5.32 Å². The Morgan fingerprint density at radius 1 is 1.65 bits per heavy atom. The van der Waals surface area contributed by atoms with Crippen molar-refractivity contribution >= 4 is 33.2 Å².